The first-order valence-corrected chi connectivity index (χ1v) is 7.01. The summed E-state index contributed by atoms with van der Waals surface area (Å²) in [6, 6.07) is 3.82. The number of phenolic OH excluding ortho intramolecular Hbond substituents is 1. The first-order chi connectivity index (χ1) is 8.16. The van der Waals surface area contributed by atoms with E-state index in [4.69, 9.17) is 0 Å². The van der Waals surface area contributed by atoms with E-state index in [2.05, 4.69) is 27.9 Å². The largest absolute Gasteiger partial charge is 0.507 e. The van der Waals surface area contributed by atoms with Gasteiger partial charge in [-0.25, -0.2) is 4.39 Å². The Kier molecular flexibility index (Phi) is 6.25. The number of amides is 1. The second kappa shape index (κ2) is 7.47. The third-order valence-corrected chi connectivity index (χ3v) is 3.08. The predicted octanol–water partition coefficient (Wildman–Crippen LogP) is 2.87. The number of halogens is 2. The maximum absolute atomic E-state index is 13.3. The summed E-state index contributed by atoms with van der Waals surface area (Å²) < 4.78 is 14.4. The van der Waals surface area contributed by atoms with E-state index in [0.29, 0.717) is 6.54 Å². The molecule has 0 bridgehead atoms. The number of carbonyl (C=O) groups excluding carboxylic acids is 1. The first-order valence-electron chi connectivity index (χ1n) is 5.48. The van der Waals surface area contributed by atoms with E-state index < -0.39 is 11.7 Å². The second-order valence-corrected chi connectivity index (χ2v) is 4.72. The van der Waals surface area contributed by atoms with Crippen LogP contribution in [0.1, 0.15) is 29.6 Å². The van der Waals surface area contributed by atoms with Gasteiger partial charge in [0, 0.05) is 6.54 Å². The number of alkyl halides is 1. The van der Waals surface area contributed by atoms with Crippen LogP contribution in [0.5, 0.6) is 5.75 Å². The zero-order chi connectivity index (χ0) is 12.7. The highest BCUT2D eigenvalue weighted by Gasteiger charge is 2.15. The highest BCUT2D eigenvalue weighted by molar-refractivity contribution is 14.1. The van der Waals surface area contributed by atoms with Crippen molar-refractivity contribution in [3.63, 3.8) is 0 Å². The summed E-state index contributed by atoms with van der Waals surface area (Å²) in [5.74, 6) is -1.58. The quantitative estimate of drug-likeness (QED) is 0.470. The lowest BCUT2D eigenvalue weighted by molar-refractivity contribution is 0.0946. The van der Waals surface area contributed by atoms with Crippen LogP contribution in [0.3, 0.4) is 0 Å². The summed E-state index contributed by atoms with van der Waals surface area (Å²) in [7, 11) is 0. The van der Waals surface area contributed by atoms with Crippen molar-refractivity contribution in [2.45, 2.75) is 19.3 Å². The molecule has 1 aromatic rings. The van der Waals surface area contributed by atoms with Crippen LogP contribution >= 0.6 is 22.6 Å². The Bertz CT molecular complexity index is 365. The van der Waals surface area contributed by atoms with E-state index >= 15 is 0 Å². The van der Waals surface area contributed by atoms with Crippen LogP contribution in [0, 0.1) is 5.82 Å². The molecule has 0 saturated carbocycles. The molecule has 0 spiro atoms. The number of phenols is 1. The lowest BCUT2D eigenvalue weighted by atomic mass is 10.1. The summed E-state index contributed by atoms with van der Waals surface area (Å²) in [5, 5.41) is 12.0. The highest BCUT2D eigenvalue weighted by Crippen LogP contribution is 2.19. The molecule has 1 amide bonds. The monoisotopic (exact) mass is 351 g/mol. The van der Waals surface area contributed by atoms with Gasteiger partial charge in [-0.15, -0.1) is 0 Å². The maximum Gasteiger partial charge on any atom is 0.258 e. The highest BCUT2D eigenvalue weighted by atomic mass is 127. The number of unbranched alkanes of at least 4 members (excludes halogenated alkanes) is 2. The van der Waals surface area contributed by atoms with Crippen molar-refractivity contribution in [2.75, 3.05) is 11.0 Å². The van der Waals surface area contributed by atoms with Crippen molar-refractivity contribution in [2.24, 2.45) is 0 Å². The van der Waals surface area contributed by atoms with Gasteiger partial charge in [0.05, 0.1) is 0 Å². The van der Waals surface area contributed by atoms with Gasteiger partial charge in [0.25, 0.3) is 5.91 Å². The minimum absolute atomic E-state index is 0.276. The Labute approximate surface area is 114 Å². The van der Waals surface area contributed by atoms with E-state index in [0.717, 1.165) is 29.8 Å². The van der Waals surface area contributed by atoms with E-state index in [1.807, 2.05) is 0 Å². The van der Waals surface area contributed by atoms with Crippen LogP contribution in [0.25, 0.3) is 0 Å². The van der Waals surface area contributed by atoms with Crippen molar-refractivity contribution in [3.05, 3.63) is 29.6 Å². The number of hydrogen-bond donors (Lipinski definition) is 2. The fraction of sp³-hybridized carbons (Fsp3) is 0.417. The molecular formula is C12H15FINO2. The molecule has 0 aliphatic rings. The van der Waals surface area contributed by atoms with Gasteiger partial charge in [-0.2, -0.15) is 0 Å². The number of benzene rings is 1. The number of aromatic hydroxyl groups is 1. The molecule has 0 aliphatic heterocycles. The average molecular weight is 351 g/mol. The second-order valence-electron chi connectivity index (χ2n) is 3.64. The molecular weight excluding hydrogens is 336 g/mol. The summed E-state index contributed by atoms with van der Waals surface area (Å²) >= 11 is 2.30. The Hall–Kier alpha value is -0.850. The van der Waals surface area contributed by atoms with Gasteiger partial charge in [0.2, 0.25) is 0 Å². The van der Waals surface area contributed by atoms with Gasteiger partial charge >= 0.3 is 0 Å². The third-order valence-electron chi connectivity index (χ3n) is 2.31. The molecule has 1 aromatic carbocycles. The Balaban J connectivity index is 2.47. The normalized spacial score (nSPS) is 10.2. The lowest BCUT2D eigenvalue weighted by Crippen LogP contribution is -2.25. The molecule has 0 aromatic heterocycles. The summed E-state index contributed by atoms with van der Waals surface area (Å²) in [4.78, 5) is 11.6. The van der Waals surface area contributed by atoms with Crippen LogP contribution < -0.4 is 5.32 Å². The smallest absolute Gasteiger partial charge is 0.258 e. The zero-order valence-electron chi connectivity index (χ0n) is 9.38. The fourth-order valence-electron chi connectivity index (χ4n) is 1.42. The van der Waals surface area contributed by atoms with Crippen molar-refractivity contribution in [3.8, 4) is 5.75 Å². The van der Waals surface area contributed by atoms with Crippen LogP contribution in [0.4, 0.5) is 4.39 Å². The van der Waals surface area contributed by atoms with Gasteiger partial charge < -0.3 is 10.4 Å². The molecule has 0 atom stereocenters. The zero-order valence-corrected chi connectivity index (χ0v) is 11.5. The minimum Gasteiger partial charge on any atom is -0.507 e. The summed E-state index contributed by atoms with van der Waals surface area (Å²) in [5.41, 5.74) is -0.276. The molecule has 5 heteroatoms. The Morgan fingerprint density at radius 1 is 1.35 bits per heavy atom. The molecule has 1 rings (SSSR count). The van der Waals surface area contributed by atoms with Crippen LogP contribution in [0.15, 0.2) is 18.2 Å². The molecule has 0 saturated heterocycles. The Morgan fingerprint density at radius 3 is 2.76 bits per heavy atom. The molecule has 0 radical (unpaired) electrons. The molecule has 3 nitrogen and oxygen atoms in total. The molecule has 0 aliphatic carbocycles. The number of rotatable bonds is 6. The van der Waals surface area contributed by atoms with Gasteiger partial charge in [0.15, 0.2) is 0 Å². The molecule has 94 valence electrons. The average Bonchev–Trinajstić information content (AvgIpc) is 2.28. The summed E-state index contributed by atoms with van der Waals surface area (Å²) in [6.07, 6.45) is 3.01. The van der Waals surface area contributed by atoms with Gasteiger partial charge in [0.1, 0.15) is 17.1 Å². The van der Waals surface area contributed by atoms with Crippen molar-refractivity contribution in [1.29, 1.82) is 0 Å². The van der Waals surface area contributed by atoms with E-state index in [9.17, 15) is 14.3 Å². The number of carbonyl (C=O) groups is 1. The van der Waals surface area contributed by atoms with Crippen LogP contribution in [-0.4, -0.2) is 22.0 Å². The van der Waals surface area contributed by atoms with Gasteiger partial charge in [-0.05, 0) is 29.4 Å². The minimum atomic E-state index is -0.699. The molecule has 0 fully saturated rings. The number of nitrogens with one attached hydrogen (secondary N) is 1. The van der Waals surface area contributed by atoms with Crippen LogP contribution in [0.2, 0.25) is 0 Å². The first kappa shape index (κ1) is 14.2. The number of hydrogen-bond acceptors (Lipinski definition) is 2. The topological polar surface area (TPSA) is 49.3 Å². The summed E-state index contributed by atoms with van der Waals surface area (Å²) in [6.45, 7) is 0.503. The van der Waals surface area contributed by atoms with Crippen molar-refractivity contribution >= 4 is 28.5 Å². The van der Waals surface area contributed by atoms with E-state index in [1.54, 1.807) is 0 Å². The molecule has 2 N–H and O–H groups in total. The van der Waals surface area contributed by atoms with Crippen molar-refractivity contribution < 1.29 is 14.3 Å². The maximum atomic E-state index is 13.3. The molecule has 0 heterocycles. The van der Waals surface area contributed by atoms with E-state index in [-0.39, 0.29) is 11.3 Å². The molecule has 17 heavy (non-hydrogen) atoms. The predicted molar refractivity (Wildman–Crippen MR) is 73.1 cm³/mol. The van der Waals surface area contributed by atoms with E-state index in [1.165, 1.54) is 12.1 Å². The third kappa shape index (κ3) is 4.49. The SMILES string of the molecule is O=C(NCCCCCI)c1c(O)cccc1F. The molecule has 0 unspecified atom stereocenters. The fourth-order valence-corrected chi connectivity index (χ4v) is 1.96. The van der Waals surface area contributed by atoms with Crippen LogP contribution in [-0.2, 0) is 0 Å². The lowest BCUT2D eigenvalue weighted by Gasteiger charge is -2.07. The van der Waals surface area contributed by atoms with Crippen molar-refractivity contribution in [1.82, 2.24) is 5.32 Å². The standard InChI is InChI=1S/C12H15FINO2/c13-9-5-4-6-10(16)11(9)12(17)15-8-3-1-2-7-14/h4-6,16H,1-3,7-8H2,(H,15,17). The van der Waals surface area contributed by atoms with Gasteiger partial charge in [-0.1, -0.05) is 35.1 Å². The Morgan fingerprint density at radius 2 is 2.12 bits per heavy atom. The van der Waals surface area contributed by atoms with Gasteiger partial charge in [-0.3, -0.25) is 4.79 Å².